The Hall–Kier alpha value is -1.76. The Morgan fingerprint density at radius 3 is 2.89 bits per heavy atom. The second-order valence-corrected chi connectivity index (χ2v) is 5.16. The van der Waals surface area contributed by atoms with E-state index in [2.05, 4.69) is 9.97 Å². The molecular weight excluding hydrogens is 264 g/mol. The summed E-state index contributed by atoms with van der Waals surface area (Å²) in [6, 6.07) is 0. The van der Waals surface area contributed by atoms with Crippen molar-refractivity contribution in [1.29, 1.82) is 0 Å². The number of imidazole rings is 2. The van der Waals surface area contributed by atoms with Gasteiger partial charge in [-0.15, -0.1) is 0 Å². The summed E-state index contributed by atoms with van der Waals surface area (Å²) in [6.07, 6.45) is 6.25. The van der Waals surface area contributed by atoms with E-state index in [1.807, 2.05) is 29.3 Å². The number of nitrogens with zero attached hydrogens (tertiary/aromatic N) is 4. The van der Waals surface area contributed by atoms with E-state index in [0.717, 1.165) is 29.6 Å². The van der Waals surface area contributed by atoms with Crippen molar-refractivity contribution >= 4 is 17.7 Å². The Balaban J connectivity index is 2.05. The number of hydrogen-bond acceptors (Lipinski definition) is 4. The van der Waals surface area contributed by atoms with Crippen LogP contribution in [0.25, 0.3) is 0 Å². The van der Waals surface area contributed by atoms with Crippen LogP contribution in [0.4, 0.5) is 0 Å². The van der Waals surface area contributed by atoms with Gasteiger partial charge in [0.1, 0.15) is 5.82 Å². The van der Waals surface area contributed by atoms with E-state index in [0.29, 0.717) is 0 Å². The highest BCUT2D eigenvalue weighted by Gasteiger charge is 2.10. The van der Waals surface area contributed by atoms with Crippen LogP contribution in [0.15, 0.2) is 23.7 Å². The van der Waals surface area contributed by atoms with E-state index >= 15 is 0 Å². The molecule has 2 heterocycles. The molecule has 102 valence electrons. The first-order valence-corrected chi connectivity index (χ1v) is 6.89. The molecule has 0 bridgehead atoms. The highest BCUT2D eigenvalue weighted by atomic mass is 32.2. The number of rotatable bonds is 6. The van der Waals surface area contributed by atoms with Gasteiger partial charge in [0.2, 0.25) is 0 Å². The zero-order chi connectivity index (χ0) is 13.8. The Labute approximate surface area is 115 Å². The van der Waals surface area contributed by atoms with E-state index < -0.39 is 5.97 Å². The van der Waals surface area contributed by atoms with Gasteiger partial charge in [-0.1, -0.05) is 11.8 Å². The average molecular weight is 280 g/mol. The minimum atomic E-state index is -0.832. The standard InChI is InChI=1S/C12H16N4O2S/c1-9-7-14-12(19-8-11(17)18)16(9)5-3-10-13-4-6-15(10)2/h4,6-7H,3,5,8H2,1-2H3,(H,17,18). The maximum absolute atomic E-state index is 10.6. The molecule has 6 nitrogen and oxygen atoms in total. The lowest BCUT2D eigenvalue weighted by Crippen LogP contribution is -2.09. The van der Waals surface area contributed by atoms with E-state index in [-0.39, 0.29) is 5.75 Å². The maximum Gasteiger partial charge on any atom is 0.313 e. The van der Waals surface area contributed by atoms with Crippen LogP contribution in [0.5, 0.6) is 0 Å². The van der Waals surface area contributed by atoms with E-state index in [9.17, 15) is 4.79 Å². The minimum absolute atomic E-state index is 0.0266. The highest BCUT2D eigenvalue weighted by Crippen LogP contribution is 2.18. The van der Waals surface area contributed by atoms with Gasteiger partial charge in [-0.3, -0.25) is 4.79 Å². The lowest BCUT2D eigenvalue weighted by atomic mass is 10.4. The molecule has 2 rings (SSSR count). The molecule has 0 atom stereocenters. The number of carboxylic acid groups (broad SMARTS) is 1. The minimum Gasteiger partial charge on any atom is -0.481 e. The molecule has 0 aliphatic rings. The largest absolute Gasteiger partial charge is 0.481 e. The third-order valence-corrected chi connectivity index (χ3v) is 3.80. The molecule has 0 amide bonds. The first kappa shape index (κ1) is 13.7. The van der Waals surface area contributed by atoms with E-state index in [1.165, 1.54) is 11.8 Å². The highest BCUT2D eigenvalue weighted by molar-refractivity contribution is 7.99. The van der Waals surface area contributed by atoms with Gasteiger partial charge in [0.25, 0.3) is 0 Å². The van der Waals surface area contributed by atoms with Gasteiger partial charge in [-0.2, -0.15) is 0 Å². The summed E-state index contributed by atoms with van der Waals surface area (Å²) in [4.78, 5) is 19.1. The van der Waals surface area contributed by atoms with Crippen LogP contribution in [0.3, 0.4) is 0 Å². The van der Waals surface area contributed by atoms with Gasteiger partial charge in [-0.05, 0) is 6.92 Å². The van der Waals surface area contributed by atoms with Crippen LogP contribution >= 0.6 is 11.8 Å². The van der Waals surface area contributed by atoms with Crippen molar-refractivity contribution in [2.75, 3.05) is 5.75 Å². The second-order valence-electron chi connectivity index (χ2n) is 4.22. The quantitative estimate of drug-likeness (QED) is 0.808. The number of aromatic nitrogens is 4. The number of aliphatic carboxylic acids is 1. The van der Waals surface area contributed by atoms with Crippen LogP contribution < -0.4 is 0 Å². The molecule has 0 aliphatic heterocycles. The average Bonchev–Trinajstić information content (AvgIpc) is 2.91. The lowest BCUT2D eigenvalue weighted by molar-refractivity contribution is -0.133. The summed E-state index contributed by atoms with van der Waals surface area (Å²) < 4.78 is 4.01. The monoisotopic (exact) mass is 280 g/mol. The van der Waals surface area contributed by atoms with Crippen molar-refractivity contribution in [3.8, 4) is 0 Å². The molecule has 1 N–H and O–H groups in total. The van der Waals surface area contributed by atoms with Crippen molar-refractivity contribution in [3.63, 3.8) is 0 Å². The number of thioether (sulfide) groups is 1. The third-order valence-electron chi connectivity index (χ3n) is 2.82. The summed E-state index contributed by atoms with van der Waals surface area (Å²) in [5.74, 6) is 0.197. The number of hydrogen-bond donors (Lipinski definition) is 1. The molecule has 0 aromatic carbocycles. The van der Waals surface area contributed by atoms with Gasteiger partial charge < -0.3 is 14.2 Å². The fraction of sp³-hybridized carbons (Fsp3) is 0.417. The molecule has 0 fully saturated rings. The molecule has 2 aromatic rings. The molecular formula is C12H16N4O2S. The van der Waals surface area contributed by atoms with Crippen LogP contribution in [0.2, 0.25) is 0 Å². The smallest absolute Gasteiger partial charge is 0.313 e. The van der Waals surface area contributed by atoms with Gasteiger partial charge in [0.05, 0.1) is 5.75 Å². The lowest BCUT2D eigenvalue weighted by Gasteiger charge is -2.09. The fourth-order valence-electron chi connectivity index (χ4n) is 1.80. The molecule has 7 heteroatoms. The molecule has 0 spiro atoms. The van der Waals surface area contributed by atoms with Gasteiger partial charge >= 0.3 is 5.97 Å². The SMILES string of the molecule is Cc1cnc(SCC(=O)O)n1CCc1nccn1C. The molecule has 0 unspecified atom stereocenters. The summed E-state index contributed by atoms with van der Waals surface area (Å²) in [6.45, 7) is 2.72. The molecule has 0 saturated heterocycles. The summed E-state index contributed by atoms with van der Waals surface area (Å²) in [5, 5.41) is 9.46. The van der Waals surface area contributed by atoms with Crippen LogP contribution in [-0.4, -0.2) is 35.9 Å². The second kappa shape index (κ2) is 5.92. The third kappa shape index (κ3) is 3.37. The van der Waals surface area contributed by atoms with Crippen molar-refractivity contribution in [2.24, 2.45) is 7.05 Å². The van der Waals surface area contributed by atoms with Crippen molar-refractivity contribution < 1.29 is 9.90 Å². The first-order chi connectivity index (χ1) is 9.08. The zero-order valence-electron chi connectivity index (χ0n) is 10.9. The van der Waals surface area contributed by atoms with Crippen LogP contribution in [0.1, 0.15) is 11.5 Å². The normalized spacial score (nSPS) is 10.8. The zero-order valence-corrected chi connectivity index (χ0v) is 11.7. The van der Waals surface area contributed by atoms with Crippen molar-refractivity contribution in [1.82, 2.24) is 19.1 Å². The Morgan fingerprint density at radius 2 is 2.26 bits per heavy atom. The van der Waals surface area contributed by atoms with Crippen molar-refractivity contribution in [3.05, 3.63) is 30.1 Å². The molecule has 2 aromatic heterocycles. The maximum atomic E-state index is 10.6. The van der Waals surface area contributed by atoms with Gasteiger partial charge in [0.15, 0.2) is 5.16 Å². The summed E-state index contributed by atoms with van der Waals surface area (Å²) in [5.41, 5.74) is 1.03. The number of carboxylic acids is 1. The van der Waals surface area contributed by atoms with E-state index in [4.69, 9.17) is 5.11 Å². The van der Waals surface area contributed by atoms with Crippen LogP contribution in [-0.2, 0) is 24.8 Å². The van der Waals surface area contributed by atoms with Crippen molar-refractivity contribution in [2.45, 2.75) is 25.0 Å². The number of carbonyl (C=O) groups is 1. The number of aryl methyl sites for hydroxylation is 3. The first-order valence-electron chi connectivity index (χ1n) is 5.91. The molecule has 0 radical (unpaired) electrons. The Kier molecular flexibility index (Phi) is 4.26. The Morgan fingerprint density at radius 1 is 1.47 bits per heavy atom. The van der Waals surface area contributed by atoms with Gasteiger partial charge in [-0.25, -0.2) is 9.97 Å². The van der Waals surface area contributed by atoms with Gasteiger partial charge in [0, 0.05) is 44.3 Å². The molecule has 0 saturated carbocycles. The molecule has 19 heavy (non-hydrogen) atoms. The predicted molar refractivity (Wildman–Crippen MR) is 72.2 cm³/mol. The van der Waals surface area contributed by atoms with E-state index in [1.54, 1.807) is 12.4 Å². The fourth-order valence-corrected chi connectivity index (χ4v) is 2.57. The summed E-state index contributed by atoms with van der Waals surface area (Å²) >= 11 is 1.24. The predicted octanol–water partition coefficient (Wildman–Crippen LogP) is 1.34. The molecule has 0 aliphatic carbocycles. The topological polar surface area (TPSA) is 72.9 Å². The Bertz CT molecular complexity index is 576. The van der Waals surface area contributed by atoms with Crippen LogP contribution in [0, 0.1) is 6.92 Å². The summed E-state index contributed by atoms with van der Waals surface area (Å²) in [7, 11) is 1.96.